The van der Waals surface area contributed by atoms with Crippen LogP contribution in [0.25, 0.3) is 0 Å². The van der Waals surface area contributed by atoms with Crippen LogP contribution in [0.5, 0.6) is 0 Å². The van der Waals surface area contributed by atoms with Crippen molar-refractivity contribution < 1.29 is 4.79 Å². The maximum atomic E-state index is 11.3. The van der Waals surface area contributed by atoms with E-state index < -0.39 is 0 Å². The summed E-state index contributed by atoms with van der Waals surface area (Å²) < 4.78 is 0. The highest BCUT2D eigenvalue weighted by Crippen LogP contribution is 2.13. The minimum absolute atomic E-state index is 0.306. The molecule has 0 amide bonds. The van der Waals surface area contributed by atoms with Crippen molar-refractivity contribution in [3.8, 4) is 0 Å². The second-order valence-electron chi connectivity index (χ2n) is 3.44. The lowest BCUT2D eigenvalue weighted by Gasteiger charge is -1.95. The molecule has 0 saturated heterocycles. The summed E-state index contributed by atoms with van der Waals surface area (Å²) in [6.45, 7) is 4.06. The zero-order valence-corrected chi connectivity index (χ0v) is 7.89. The summed E-state index contributed by atoms with van der Waals surface area (Å²) in [5, 5.41) is 0. The first-order chi connectivity index (χ1) is 5.70. The monoisotopic (exact) mass is 164 g/mol. The van der Waals surface area contributed by atoms with Gasteiger partial charge in [0.25, 0.3) is 0 Å². The molecule has 1 heteroatoms. The van der Waals surface area contributed by atoms with Crippen LogP contribution in [0.2, 0.25) is 0 Å². The number of Topliss-reactive ketones (excluding diaryl/α,β-unsaturated/α-hetero) is 1. The predicted molar refractivity (Wildman–Crippen MR) is 51.0 cm³/mol. The number of hydrogen-bond donors (Lipinski definition) is 0. The van der Waals surface area contributed by atoms with E-state index in [1.165, 1.54) is 5.57 Å². The van der Waals surface area contributed by atoms with Crippen molar-refractivity contribution in [2.75, 3.05) is 0 Å². The van der Waals surface area contributed by atoms with E-state index in [4.69, 9.17) is 0 Å². The molecule has 0 N–H and O–H groups in total. The van der Waals surface area contributed by atoms with Crippen LogP contribution in [0.15, 0.2) is 23.3 Å². The average molecular weight is 164 g/mol. The molecule has 0 fully saturated rings. The standard InChI is InChI=1S/C11H16O/c1-9-5-3-7-10(2)11(12)8-4-6-9/h6-7H,3-5,8H2,1-2H3/b9-6+,10-7-. The Bertz CT molecular complexity index is 233. The third kappa shape index (κ3) is 2.65. The summed E-state index contributed by atoms with van der Waals surface area (Å²) in [4.78, 5) is 11.3. The van der Waals surface area contributed by atoms with E-state index in [2.05, 4.69) is 19.1 Å². The number of carbonyl (C=O) groups is 1. The molecule has 1 nitrogen and oxygen atoms in total. The van der Waals surface area contributed by atoms with Crippen LogP contribution in [0.4, 0.5) is 0 Å². The molecule has 0 aromatic rings. The van der Waals surface area contributed by atoms with Crippen molar-refractivity contribution in [1.82, 2.24) is 0 Å². The van der Waals surface area contributed by atoms with Gasteiger partial charge in [0.05, 0.1) is 0 Å². The zero-order valence-electron chi connectivity index (χ0n) is 7.89. The van der Waals surface area contributed by atoms with Gasteiger partial charge in [-0.2, -0.15) is 0 Å². The fourth-order valence-corrected chi connectivity index (χ4v) is 1.38. The van der Waals surface area contributed by atoms with Gasteiger partial charge in [0.1, 0.15) is 0 Å². The molecular weight excluding hydrogens is 148 g/mol. The van der Waals surface area contributed by atoms with E-state index in [0.717, 1.165) is 24.8 Å². The molecule has 0 bridgehead atoms. The maximum absolute atomic E-state index is 11.3. The molecule has 66 valence electrons. The van der Waals surface area contributed by atoms with E-state index in [0.29, 0.717) is 12.2 Å². The highest BCUT2D eigenvalue weighted by Gasteiger charge is 2.04. The molecule has 0 heterocycles. The van der Waals surface area contributed by atoms with Crippen LogP contribution in [0, 0.1) is 0 Å². The molecule has 0 saturated carbocycles. The van der Waals surface area contributed by atoms with E-state index in [1.54, 1.807) is 0 Å². The molecule has 1 aliphatic rings. The van der Waals surface area contributed by atoms with Crippen LogP contribution in [-0.2, 0) is 4.79 Å². The summed E-state index contributed by atoms with van der Waals surface area (Å²) in [6, 6.07) is 0. The lowest BCUT2D eigenvalue weighted by atomic mass is 10.1. The van der Waals surface area contributed by atoms with Crippen molar-refractivity contribution in [3.05, 3.63) is 23.3 Å². The second kappa shape index (κ2) is 4.24. The van der Waals surface area contributed by atoms with Gasteiger partial charge in [-0.3, -0.25) is 4.79 Å². The van der Waals surface area contributed by atoms with Gasteiger partial charge in [-0.25, -0.2) is 0 Å². The first-order valence-electron chi connectivity index (χ1n) is 4.56. The SMILES string of the molecule is C/C1=C/CC/C(C)=C/CCC1=O. The van der Waals surface area contributed by atoms with Crippen molar-refractivity contribution in [1.29, 1.82) is 0 Å². The lowest BCUT2D eigenvalue weighted by Crippen LogP contribution is -1.97. The van der Waals surface area contributed by atoms with E-state index in [1.807, 2.05) is 6.92 Å². The molecule has 0 aromatic carbocycles. The molecule has 0 aliphatic heterocycles. The Kier molecular flexibility index (Phi) is 3.27. The highest BCUT2D eigenvalue weighted by molar-refractivity contribution is 5.94. The van der Waals surface area contributed by atoms with Crippen LogP contribution in [0.3, 0.4) is 0 Å². The normalized spacial score (nSPS) is 29.0. The topological polar surface area (TPSA) is 17.1 Å². The molecule has 12 heavy (non-hydrogen) atoms. The van der Waals surface area contributed by atoms with Crippen molar-refractivity contribution >= 4 is 5.78 Å². The third-order valence-electron chi connectivity index (χ3n) is 2.29. The maximum Gasteiger partial charge on any atom is 0.158 e. The summed E-state index contributed by atoms with van der Waals surface area (Å²) in [5.74, 6) is 0.306. The minimum Gasteiger partial charge on any atom is -0.295 e. The van der Waals surface area contributed by atoms with Crippen molar-refractivity contribution in [3.63, 3.8) is 0 Å². The van der Waals surface area contributed by atoms with Gasteiger partial charge in [0.2, 0.25) is 0 Å². The second-order valence-corrected chi connectivity index (χ2v) is 3.44. The molecule has 1 aliphatic carbocycles. The van der Waals surface area contributed by atoms with Crippen LogP contribution < -0.4 is 0 Å². The quantitative estimate of drug-likeness (QED) is 0.503. The van der Waals surface area contributed by atoms with Crippen molar-refractivity contribution in [2.45, 2.75) is 39.5 Å². The molecule has 0 spiro atoms. The summed E-state index contributed by atoms with van der Waals surface area (Å²) >= 11 is 0. The molecule has 0 atom stereocenters. The molecule has 0 unspecified atom stereocenters. The largest absolute Gasteiger partial charge is 0.295 e. The van der Waals surface area contributed by atoms with E-state index in [-0.39, 0.29) is 0 Å². The van der Waals surface area contributed by atoms with Gasteiger partial charge in [-0.05, 0) is 38.7 Å². The van der Waals surface area contributed by atoms with Gasteiger partial charge in [-0.1, -0.05) is 17.7 Å². The molecular formula is C11H16O. The number of ketones is 1. The summed E-state index contributed by atoms with van der Waals surface area (Å²) in [5.41, 5.74) is 2.35. The Hall–Kier alpha value is -0.850. The third-order valence-corrected chi connectivity index (χ3v) is 2.29. The Morgan fingerprint density at radius 3 is 2.50 bits per heavy atom. The zero-order chi connectivity index (χ0) is 8.97. The number of carbonyl (C=O) groups excluding carboxylic acids is 1. The molecule has 0 radical (unpaired) electrons. The Morgan fingerprint density at radius 1 is 1.08 bits per heavy atom. The van der Waals surface area contributed by atoms with E-state index >= 15 is 0 Å². The number of hydrogen-bond acceptors (Lipinski definition) is 1. The average Bonchev–Trinajstić information content (AvgIpc) is 2.08. The van der Waals surface area contributed by atoms with Crippen molar-refractivity contribution in [2.24, 2.45) is 0 Å². The van der Waals surface area contributed by atoms with E-state index in [9.17, 15) is 4.79 Å². The fraction of sp³-hybridized carbons (Fsp3) is 0.545. The summed E-state index contributed by atoms with van der Waals surface area (Å²) in [6.07, 6.45) is 7.95. The molecule has 1 rings (SSSR count). The van der Waals surface area contributed by atoms with Crippen LogP contribution in [-0.4, -0.2) is 5.78 Å². The van der Waals surface area contributed by atoms with Crippen LogP contribution in [0.1, 0.15) is 39.5 Å². The first-order valence-corrected chi connectivity index (χ1v) is 4.56. The Balaban J connectivity index is 2.67. The fourth-order valence-electron chi connectivity index (χ4n) is 1.38. The smallest absolute Gasteiger partial charge is 0.158 e. The van der Waals surface area contributed by atoms with Crippen LogP contribution >= 0.6 is 0 Å². The van der Waals surface area contributed by atoms with Gasteiger partial charge in [-0.15, -0.1) is 0 Å². The highest BCUT2D eigenvalue weighted by atomic mass is 16.1. The number of allylic oxidation sites excluding steroid dienone is 4. The first kappa shape index (κ1) is 9.24. The predicted octanol–water partition coefficient (Wildman–Crippen LogP) is 3.02. The molecule has 0 aromatic heterocycles. The number of rotatable bonds is 0. The van der Waals surface area contributed by atoms with Gasteiger partial charge in [0.15, 0.2) is 5.78 Å². The summed E-state index contributed by atoms with van der Waals surface area (Å²) in [7, 11) is 0. The minimum atomic E-state index is 0.306. The van der Waals surface area contributed by atoms with Gasteiger partial charge < -0.3 is 0 Å². The Morgan fingerprint density at radius 2 is 1.75 bits per heavy atom. The lowest BCUT2D eigenvalue weighted by molar-refractivity contribution is -0.115. The van der Waals surface area contributed by atoms with Gasteiger partial charge in [0, 0.05) is 6.42 Å². The Labute approximate surface area is 74.2 Å². The van der Waals surface area contributed by atoms with Gasteiger partial charge >= 0.3 is 0 Å².